The Labute approximate surface area is 121 Å². The van der Waals surface area contributed by atoms with Gasteiger partial charge in [-0.05, 0) is 38.2 Å². The van der Waals surface area contributed by atoms with Crippen molar-refractivity contribution in [3.8, 4) is 5.75 Å². The average Bonchev–Trinajstić information content (AvgIpc) is 2.75. The Morgan fingerprint density at radius 1 is 1.35 bits per heavy atom. The van der Waals surface area contributed by atoms with Crippen molar-refractivity contribution in [2.45, 2.75) is 45.3 Å². The molecule has 0 bridgehead atoms. The highest BCUT2D eigenvalue weighted by Gasteiger charge is 2.31. The molecular formula is C17H25NO2. The second kappa shape index (κ2) is 5.74. The van der Waals surface area contributed by atoms with E-state index < -0.39 is 0 Å². The molecule has 1 fully saturated rings. The van der Waals surface area contributed by atoms with E-state index in [0.717, 1.165) is 38.5 Å². The molecule has 3 heteroatoms. The normalized spacial score (nSPS) is 24.2. The van der Waals surface area contributed by atoms with Gasteiger partial charge in [0.05, 0.1) is 6.61 Å². The van der Waals surface area contributed by atoms with E-state index in [2.05, 4.69) is 37.4 Å². The molecule has 0 aliphatic carbocycles. The summed E-state index contributed by atoms with van der Waals surface area (Å²) in [5.41, 5.74) is 2.57. The largest absolute Gasteiger partial charge is 0.487 e. The fourth-order valence-electron chi connectivity index (χ4n) is 3.20. The SMILES string of the molecule is CC1(C)Cc2cccc(CNCC3CCCOC3)c2O1. The Morgan fingerprint density at radius 2 is 2.25 bits per heavy atom. The summed E-state index contributed by atoms with van der Waals surface area (Å²) in [6.45, 7) is 8.07. The molecule has 20 heavy (non-hydrogen) atoms. The minimum atomic E-state index is -0.0599. The van der Waals surface area contributed by atoms with E-state index in [4.69, 9.17) is 9.47 Å². The molecule has 0 amide bonds. The van der Waals surface area contributed by atoms with Gasteiger partial charge in [-0.1, -0.05) is 18.2 Å². The molecule has 110 valence electrons. The van der Waals surface area contributed by atoms with E-state index in [-0.39, 0.29) is 5.60 Å². The lowest BCUT2D eigenvalue weighted by Gasteiger charge is -2.22. The number of nitrogens with one attached hydrogen (secondary N) is 1. The van der Waals surface area contributed by atoms with Gasteiger partial charge in [0.2, 0.25) is 0 Å². The third-order valence-corrected chi connectivity index (χ3v) is 4.18. The summed E-state index contributed by atoms with van der Waals surface area (Å²) in [5, 5.41) is 3.57. The summed E-state index contributed by atoms with van der Waals surface area (Å²) >= 11 is 0. The third-order valence-electron chi connectivity index (χ3n) is 4.18. The number of ether oxygens (including phenoxy) is 2. The first-order valence-electron chi connectivity index (χ1n) is 7.72. The van der Waals surface area contributed by atoms with Gasteiger partial charge in [0.1, 0.15) is 11.4 Å². The molecular weight excluding hydrogens is 250 g/mol. The molecule has 0 radical (unpaired) electrons. The fourth-order valence-corrected chi connectivity index (χ4v) is 3.20. The molecule has 1 aromatic rings. The summed E-state index contributed by atoms with van der Waals surface area (Å²) in [5.74, 6) is 1.77. The van der Waals surface area contributed by atoms with Gasteiger partial charge in [0.15, 0.2) is 0 Å². The monoisotopic (exact) mass is 275 g/mol. The lowest BCUT2D eigenvalue weighted by Crippen LogP contribution is -2.29. The quantitative estimate of drug-likeness (QED) is 0.916. The van der Waals surface area contributed by atoms with Crippen molar-refractivity contribution in [1.82, 2.24) is 5.32 Å². The van der Waals surface area contributed by atoms with Gasteiger partial charge in [-0.25, -0.2) is 0 Å². The molecule has 3 rings (SSSR count). The Kier molecular flexibility index (Phi) is 3.99. The maximum absolute atomic E-state index is 6.10. The van der Waals surface area contributed by atoms with E-state index in [1.54, 1.807) is 0 Å². The Bertz CT molecular complexity index is 464. The molecule has 3 nitrogen and oxygen atoms in total. The average molecular weight is 275 g/mol. The second-order valence-corrected chi connectivity index (χ2v) is 6.66. The first-order chi connectivity index (χ1) is 9.64. The highest BCUT2D eigenvalue weighted by atomic mass is 16.5. The van der Waals surface area contributed by atoms with Crippen LogP contribution in [0.2, 0.25) is 0 Å². The van der Waals surface area contributed by atoms with Crippen LogP contribution in [-0.2, 0) is 17.7 Å². The maximum atomic E-state index is 6.10. The van der Waals surface area contributed by atoms with Crippen LogP contribution >= 0.6 is 0 Å². The Balaban J connectivity index is 1.57. The van der Waals surface area contributed by atoms with Crippen molar-refractivity contribution in [3.05, 3.63) is 29.3 Å². The standard InChI is InChI=1S/C17H25NO2/c1-17(2)9-14-6-3-7-15(16(14)20-17)11-18-10-13-5-4-8-19-12-13/h3,6-7,13,18H,4-5,8-12H2,1-2H3. The van der Waals surface area contributed by atoms with E-state index in [0.29, 0.717) is 5.92 Å². The molecule has 0 spiro atoms. The lowest BCUT2D eigenvalue weighted by molar-refractivity contribution is 0.0547. The summed E-state index contributed by atoms with van der Waals surface area (Å²) in [4.78, 5) is 0. The zero-order valence-corrected chi connectivity index (χ0v) is 12.6. The molecule has 2 aliphatic heterocycles. The molecule has 0 aromatic heterocycles. The van der Waals surface area contributed by atoms with Crippen molar-refractivity contribution in [3.63, 3.8) is 0 Å². The van der Waals surface area contributed by atoms with Crippen molar-refractivity contribution in [1.29, 1.82) is 0 Å². The molecule has 1 unspecified atom stereocenters. The number of benzene rings is 1. The van der Waals surface area contributed by atoms with Gasteiger partial charge in [-0.2, -0.15) is 0 Å². The van der Waals surface area contributed by atoms with E-state index in [1.807, 2.05) is 0 Å². The molecule has 2 heterocycles. The first kappa shape index (κ1) is 13.9. The number of hydrogen-bond acceptors (Lipinski definition) is 3. The van der Waals surface area contributed by atoms with Crippen LogP contribution in [0, 0.1) is 5.92 Å². The van der Waals surface area contributed by atoms with Crippen LogP contribution in [0.4, 0.5) is 0 Å². The Hall–Kier alpha value is -1.06. The van der Waals surface area contributed by atoms with Crippen molar-refractivity contribution >= 4 is 0 Å². The van der Waals surface area contributed by atoms with Gasteiger partial charge < -0.3 is 14.8 Å². The van der Waals surface area contributed by atoms with Crippen LogP contribution in [-0.4, -0.2) is 25.4 Å². The maximum Gasteiger partial charge on any atom is 0.127 e. The molecule has 0 saturated carbocycles. The fraction of sp³-hybridized carbons (Fsp3) is 0.647. The molecule has 1 aromatic carbocycles. The van der Waals surface area contributed by atoms with Crippen LogP contribution < -0.4 is 10.1 Å². The molecule has 2 aliphatic rings. The van der Waals surface area contributed by atoms with Gasteiger partial charge in [0.25, 0.3) is 0 Å². The number of fused-ring (bicyclic) bond motifs is 1. The van der Waals surface area contributed by atoms with Gasteiger partial charge in [-0.15, -0.1) is 0 Å². The minimum absolute atomic E-state index is 0.0599. The summed E-state index contributed by atoms with van der Waals surface area (Å²) < 4.78 is 11.6. The minimum Gasteiger partial charge on any atom is -0.487 e. The number of hydrogen-bond donors (Lipinski definition) is 1. The van der Waals surface area contributed by atoms with Gasteiger partial charge >= 0.3 is 0 Å². The van der Waals surface area contributed by atoms with Gasteiger partial charge in [0, 0.05) is 31.7 Å². The van der Waals surface area contributed by atoms with E-state index in [9.17, 15) is 0 Å². The molecule has 1 atom stereocenters. The predicted molar refractivity (Wildman–Crippen MR) is 80.1 cm³/mol. The summed E-state index contributed by atoms with van der Waals surface area (Å²) in [6, 6.07) is 6.50. The summed E-state index contributed by atoms with van der Waals surface area (Å²) in [6.07, 6.45) is 3.49. The van der Waals surface area contributed by atoms with Crippen molar-refractivity contribution in [2.75, 3.05) is 19.8 Å². The zero-order valence-electron chi connectivity index (χ0n) is 12.6. The highest BCUT2D eigenvalue weighted by molar-refractivity contribution is 5.45. The Morgan fingerprint density at radius 3 is 3.05 bits per heavy atom. The topological polar surface area (TPSA) is 30.5 Å². The van der Waals surface area contributed by atoms with Crippen molar-refractivity contribution in [2.24, 2.45) is 5.92 Å². The highest BCUT2D eigenvalue weighted by Crippen LogP contribution is 2.37. The molecule has 1 N–H and O–H groups in total. The molecule has 1 saturated heterocycles. The van der Waals surface area contributed by atoms with Crippen LogP contribution in [0.25, 0.3) is 0 Å². The van der Waals surface area contributed by atoms with Gasteiger partial charge in [-0.3, -0.25) is 0 Å². The third kappa shape index (κ3) is 3.15. The van der Waals surface area contributed by atoms with Crippen molar-refractivity contribution < 1.29 is 9.47 Å². The first-order valence-corrected chi connectivity index (χ1v) is 7.72. The smallest absolute Gasteiger partial charge is 0.127 e. The second-order valence-electron chi connectivity index (χ2n) is 6.66. The number of para-hydroxylation sites is 1. The zero-order chi connectivity index (χ0) is 14.0. The predicted octanol–water partition coefficient (Wildman–Crippen LogP) is 2.92. The number of rotatable bonds is 4. The van der Waals surface area contributed by atoms with Crippen LogP contribution in [0.5, 0.6) is 5.75 Å². The van der Waals surface area contributed by atoms with Crippen LogP contribution in [0.1, 0.15) is 37.8 Å². The van der Waals surface area contributed by atoms with Crippen LogP contribution in [0.15, 0.2) is 18.2 Å². The summed E-state index contributed by atoms with van der Waals surface area (Å²) in [7, 11) is 0. The van der Waals surface area contributed by atoms with Crippen LogP contribution in [0.3, 0.4) is 0 Å². The lowest BCUT2D eigenvalue weighted by atomic mass is 10.00. The van der Waals surface area contributed by atoms with E-state index >= 15 is 0 Å². The van der Waals surface area contributed by atoms with E-state index in [1.165, 1.54) is 24.0 Å².